The van der Waals surface area contributed by atoms with Gasteiger partial charge in [0.15, 0.2) is 0 Å². The largest absolute Gasteiger partial charge is 0.310 e. The summed E-state index contributed by atoms with van der Waals surface area (Å²) < 4.78 is 2.35. The first kappa shape index (κ1) is 30.7. The van der Waals surface area contributed by atoms with Gasteiger partial charge in [-0.1, -0.05) is 148 Å². The van der Waals surface area contributed by atoms with E-state index < -0.39 is 0 Å². The first-order valence-corrected chi connectivity index (χ1v) is 17.6. The summed E-state index contributed by atoms with van der Waals surface area (Å²) in [5, 5.41) is 3.53. The molecule has 1 aliphatic carbocycles. The average Bonchev–Trinajstić information content (AvgIpc) is 3.62. The molecule has 0 saturated heterocycles. The molecule has 0 amide bonds. The highest BCUT2D eigenvalue weighted by molar-refractivity contribution is 6.01. The molecule has 1 heterocycles. The Kier molecular flexibility index (Phi) is 7.15. The van der Waals surface area contributed by atoms with Crippen LogP contribution in [0.5, 0.6) is 0 Å². The molecule has 2 nitrogen and oxygen atoms in total. The lowest BCUT2D eigenvalue weighted by Gasteiger charge is -2.28. The molecule has 0 fully saturated rings. The van der Waals surface area contributed by atoms with Gasteiger partial charge in [-0.3, -0.25) is 0 Å². The first-order valence-electron chi connectivity index (χ1n) is 17.6. The molecule has 0 aliphatic heterocycles. The first-order chi connectivity index (χ1) is 25.0. The Balaban J connectivity index is 1.28. The van der Waals surface area contributed by atoms with Crippen LogP contribution >= 0.6 is 0 Å². The molecule has 0 N–H and O–H groups in total. The topological polar surface area (TPSA) is 8.17 Å². The van der Waals surface area contributed by atoms with Crippen LogP contribution in [0.2, 0.25) is 0 Å². The lowest BCUT2D eigenvalue weighted by Crippen LogP contribution is -2.16. The third-order valence-corrected chi connectivity index (χ3v) is 10.8. The molecule has 0 saturated carbocycles. The van der Waals surface area contributed by atoms with Gasteiger partial charge in [0.25, 0.3) is 0 Å². The maximum absolute atomic E-state index is 4.27. The van der Waals surface area contributed by atoms with Crippen LogP contribution in [-0.2, 0) is 5.41 Å². The molecule has 0 atom stereocenters. The molecule has 51 heavy (non-hydrogen) atoms. The number of hydrogen-bond acceptors (Lipinski definition) is 1. The molecule has 7 aromatic carbocycles. The van der Waals surface area contributed by atoms with E-state index in [0.717, 1.165) is 44.9 Å². The fourth-order valence-electron chi connectivity index (χ4n) is 8.25. The van der Waals surface area contributed by atoms with Crippen molar-refractivity contribution in [1.82, 2.24) is 4.57 Å². The lowest BCUT2D eigenvalue weighted by molar-refractivity contribution is 0.660. The minimum Gasteiger partial charge on any atom is -0.310 e. The molecule has 0 spiro atoms. The van der Waals surface area contributed by atoms with Crippen LogP contribution < -0.4 is 4.90 Å². The van der Waals surface area contributed by atoms with Crippen LogP contribution in [0.15, 0.2) is 171 Å². The molecule has 0 radical (unpaired) electrons. The van der Waals surface area contributed by atoms with Crippen LogP contribution in [0, 0.1) is 0 Å². The third kappa shape index (κ3) is 4.79. The number of hydrogen-bond donors (Lipinski definition) is 0. The molecule has 244 valence electrons. The van der Waals surface area contributed by atoms with Crippen LogP contribution in [0.4, 0.5) is 17.1 Å². The number of aromatic nitrogens is 1. The number of nitrogens with zero attached hydrogens (tertiary/aromatic N) is 2. The van der Waals surface area contributed by atoms with Gasteiger partial charge < -0.3 is 9.47 Å². The van der Waals surface area contributed by atoms with E-state index in [1.54, 1.807) is 0 Å². The van der Waals surface area contributed by atoms with Gasteiger partial charge in [-0.2, -0.15) is 0 Å². The Bertz CT molecular complexity index is 2630. The maximum atomic E-state index is 4.27. The number of benzene rings is 7. The van der Waals surface area contributed by atoms with Crippen molar-refractivity contribution in [2.75, 3.05) is 4.90 Å². The van der Waals surface area contributed by atoms with Crippen LogP contribution in [0.3, 0.4) is 0 Å². The minimum atomic E-state index is -0.116. The molecule has 0 unspecified atom stereocenters. The Hall–Kier alpha value is -6.38. The van der Waals surface area contributed by atoms with Crippen molar-refractivity contribution >= 4 is 50.9 Å². The molecule has 2 heteroatoms. The average molecular weight is 655 g/mol. The number of rotatable bonds is 7. The van der Waals surface area contributed by atoms with E-state index in [4.69, 9.17) is 0 Å². The van der Waals surface area contributed by atoms with Gasteiger partial charge in [0, 0.05) is 38.8 Å². The highest BCUT2D eigenvalue weighted by Gasteiger charge is 2.35. The Morgan fingerprint density at radius 3 is 1.98 bits per heavy atom. The van der Waals surface area contributed by atoms with E-state index in [1.165, 1.54) is 44.2 Å². The molecule has 1 aliphatic rings. The summed E-state index contributed by atoms with van der Waals surface area (Å²) in [6, 6.07) is 57.3. The quantitative estimate of drug-likeness (QED) is 0.166. The van der Waals surface area contributed by atoms with E-state index in [9.17, 15) is 0 Å². The standard InChI is InChI=1S/C49H38N2/c1-5-39-43-30-28-38(32-48(43)51(46(39)6-2)47-22-14-18-35-17-10-11-19-40(35)47)50(36-25-23-34(24-26-36)33-15-8-7-9-16-33)37-27-29-42-41-20-12-13-21-44(41)49(3,4)45(42)31-37/h5-32H,1-2H2,3-4H3. The van der Waals surface area contributed by atoms with E-state index in [1.807, 2.05) is 12.2 Å². The fraction of sp³-hybridized carbons (Fsp3) is 0.0612. The normalized spacial score (nSPS) is 12.8. The Morgan fingerprint density at radius 1 is 0.529 bits per heavy atom. The molecular weight excluding hydrogens is 617 g/mol. The van der Waals surface area contributed by atoms with E-state index >= 15 is 0 Å². The van der Waals surface area contributed by atoms with Crippen molar-refractivity contribution in [1.29, 1.82) is 0 Å². The molecule has 0 bridgehead atoms. The van der Waals surface area contributed by atoms with Gasteiger partial charge in [-0.25, -0.2) is 0 Å². The van der Waals surface area contributed by atoms with Crippen molar-refractivity contribution < 1.29 is 0 Å². The molecule has 1 aromatic heterocycles. The van der Waals surface area contributed by atoms with Gasteiger partial charge >= 0.3 is 0 Å². The monoisotopic (exact) mass is 654 g/mol. The summed E-state index contributed by atoms with van der Waals surface area (Å²) in [7, 11) is 0. The minimum absolute atomic E-state index is 0.116. The Morgan fingerprint density at radius 2 is 1.18 bits per heavy atom. The van der Waals surface area contributed by atoms with E-state index in [0.29, 0.717) is 0 Å². The molecular formula is C49H38N2. The van der Waals surface area contributed by atoms with Crippen molar-refractivity contribution in [3.05, 3.63) is 193 Å². The van der Waals surface area contributed by atoms with Gasteiger partial charge in [0.05, 0.1) is 16.9 Å². The Labute approximate surface area is 299 Å². The van der Waals surface area contributed by atoms with Crippen molar-refractivity contribution in [2.45, 2.75) is 19.3 Å². The van der Waals surface area contributed by atoms with Crippen LogP contribution in [0.1, 0.15) is 36.2 Å². The third-order valence-electron chi connectivity index (χ3n) is 10.8. The van der Waals surface area contributed by atoms with Gasteiger partial charge in [0.2, 0.25) is 0 Å². The van der Waals surface area contributed by atoms with Gasteiger partial charge in [-0.05, 0) is 87.3 Å². The van der Waals surface area contributed by atoms with Gasteiger partial charge in [0.1, 0.15) is 0 Å². The predicted molar refractivity (Wildman–Crippen MR) is 219 cm³/mol. The summed E-state index contributed by atoms with van der Waals surface area (Å²) in [5.74, 6) is 0. The van der Waals surface area contributed by atoms with Gasteiger partial charge in [-0.15, -0.1) is 0 Å². The smallest absolute Gasteiger partial charge is 0.0562 e. The second-order valence-electron chi connectivity index (χ2n) is 13.9. The summed E-state index contributed by atoms with van der Waals surface area (Å²) >= 11 is 0. The van der Waals surface area contributed by atoms with Crippen molar-refractivity contribution in [2.24, 2.45) is 0 Å². The second-order valence-corrected chi connectivity index (χ2v) is 13.9. The summed E-state index contributed by atoms with van der Waals surface area (Å²) in [5.41, 5.74) is 15.3. The molecule has 9 rings (SSSR count). The fourth-order valence-corrected chi connectivity index (χ4v) is 8.25. The van der Waals surface area contributed by atoms with E-state index in [-0.39, 0.29) is 5.41 Å². The highest BCUT2D eigenvalue weighted by atomic mass is 15.1. The number of anilines is 3. The van der Waals surface area contributed by atoms with Crippen molar-refractivity contribution in [3.8, 4) is 27.9 Å². The zero-order valence-electron chi connectivity index (χ0n) is 29.0. The molecule has 8 aromatic rings. The highest BCUT2D eigenvalue weighted by Crippen LogP contribution is 2.51. The summed E-state index contributed by atoms with van der Waals surface area (Å²) in [4.78, 5) is 2.40. The SMILES string of the molecule is C=Cc1c(C=C)n(-c2cccc3ccccc23)c2cc(N(c3ccc(-c4ccccc4)cc3)c3ccc4c(c3)C(C)(C)c3ccccc3-4)ccc12. The predicted octanol–water partition coefficient (Wildman–Crippen LogP) is 13.5. The van der Waals surface area contributed by atoms with E-state index in [2.05, 4.69) is 194 Å². The lowest BCUT2D eigenvalue weighted by atomic mass is 9.82. The van der Waals surface area contributed by atoms with Crippen molar-refractivity contribution in [3.63, 3.8) is 0 Å². The zero-order chi connectivity index (χ0) is 34.7. The second kappa shape index (κ2) is 11.9. The summed E-state index contributed by atoms with van der Waals surface area (Å²) in [6.45, 7) is 13.2. The van der Waals surface area contributed by atoms with Crippen LogP contribution in [0.25, 0.3) is 61.8 Å². The zero-order valence-corrected chi connectivity index (χ0v) is 29.0. The maximum Gasteiger partial charge on any atom is 0.0562 e. The number of fused-ring (bicyclic) bond motifs is 5. The summed E-state index contributed by atoms with van der Waals surface area (Å²) in [6.07, 6.45) is 3.92. The van der Waals surface area contributed by atoms with Crippen LogP contribution in [-0.4, -0.2) is 4.57 Å².